The minimum atomic E-state index is -0.138. The van der Waals surface area contributed by atoms with Gasteiger partial charge >= 0.3 is 0 Å². The van der Waals surface area contributed by atoms with Gasteiger partial charge in [-0.2, -0.15) is 0 Å². The van der Waals surface area contributed by atoms with Crippen LogP contribution in [0.5, 0.6) is 5.75 Å². The summed E-state index contributed by atoms with van der Waals surface area (Å²) in [6.45, 7) is 4.27. The Morgan fingerprint density at radius 1 is 1.17 bits per heavy atom. The van der Waals surface area contributed by atoms with Crippen LogP contribution in [0, 0.1) is 0 Å². The molecule has 5 heteroatoms. The molecular formula is C18H21ClN2O2. The van der Waals surface area contributed by atoms with Gasteiger partial charge in [0.1, 0.15) is 5.75 Å². The molecule has 122 valence electrons. The third-order valence-corrected chi connectivity index (χ3v) is 3.54. The number of nitrogens with one attached hydrogen (secondary N) is 2. The van der Waals surface area contributed by atoms with Crippen molar-refractivity contribution in [1.82, 2.24) is 0 Å². The number of hydrogen-bond acceptors (Lipinski definition) is 3. The number of rotatable bonds is 7. The lowest BCUT2D eigenvalue weighted by molar-refractivity contribution is -0.114. The highest BCUT2D eigenvalue weighted by molar-refractivity contribution is 6.30. The van der Waals surface area contributed by atoms with Crippen molar-refractivity contribution in [1.29, 1.82) is 0 Å². The maximum atomic E-state index is 12.0. The van der Waals surface area contributed by atoms with Crippen LogP contribution >= 0.6 is 11.6 Å². The summed E-state index contributed by atoms with van der Waals surface area (Å²) in [5.41, 5.74) is 1.52. The smallest absolute Gasteiger partial charge is 0.243 e. The summed E-state index contributed by atoms with van der Waals surface area (Å²) in [5, 5.41) is 6.47. The van der Waals surface area contributed by atoms with E-state index in [-0.39, 0.29) is 18.6 Å². The van der Waals surface area contributed by atoms with Crippen LogP contribution in [0.3, 0.4) is 0 Å². The van der Waals surface area contributed by atoms with Gasteiger partial charge in [0.15, 0.2) is 0 Å². The van der Waals surface area contributed by atoms with Crippen LogP contribution in [0.2, 0.25) is 5.02 Å². The van der Waals surface area contributed by atoms with Gasteiger partial charge in [-0.05, 0) is 43.7 Å². The molecule has 0 radical (unpaired) electrons. The normalized spacial score (nSPS) is 11.6. The van der Waals surface area contributed by atoms with Crippen LogP contribution in [-0.4, -0.2) is 18.6 Å². The van der Waals surface area contributed by atoms with Gasteiger partial charge in [-0.15, -0.1) is 0 Å². The number of benzene rings is 2. The zero-order valence-electron chi connectivity index (χ0n) is 13.3. The van der Waals surface area contributed by atoms with Crippen molar-refractivity contribution >= 4 is 28.9 Å². The maximum Gasteiger partial charge on any atom is 0.243 e. The zero-order chi connectivity index (χ0) is 16.7. The monoisotopic (exact) mass is 332 g/mol. The summed E-state index contributed by atoms with van der Waals surface area (Å²) < 4.78 is 5.76. The van der Waals surface area contributed by atoms with E-state index in [0.29, 0.717) is 10.7 Å². The average molecular weight is 333 g/mol. The first-order valence-corrected chi connectivity index (χ1v) is 8.00. The third kappa shape index (κ3) is 5.83. The van der Waals surface area contributed by atoms with Gasteiger partial charge < -0.3 is 15.4 Å². The third-order valence-electron chi connectivity index (χ3n) is 3.31. The van der Waals surface area contributed by atoms with Gasteiger partial charge in [-0.1, -0.05) is 30.7 Å². The van der Waals surface area contributed by atoms with Crippen LogP contribution in [0.25, 0.3) is 0 Å². The Morgan fingerprint density at radius 2 is 1.91 bits per heavy atom. The van der Waals surface area contributed by atoms with Gasteiger partial charge in [-0.3, -0.25) is 4.79 Å². The van der Waals surface area contributed by atoms with Crippen molar-refractivity contribution in [3.05, 3.63) is 53.6 Å². The fourth-order valence-corrected chi connectivity index (χ4v) is 2.14. The van der Waals surface area contributed by atoms with Gasteiger partial charge in [0.2, 0.25) is 5.91 Å². The molecule has 0 aliphatic rings. The quantitative estimate of drug-likeness (QED) is 0.781. The number of carbonyl (C=O) groups excluding carboxylic acids is 1. The Hall–Kier alpha value is -2.20. The molecular weight excluding hydrogens is 312 g/mol. The van der Waals surface area contributed by atoms with Crippen LogP contribution in [0.4, 0.5) is 11.4 Å². The fourth-order valence-electron chi connectivity index (χ4n) is 1.95. The van der Waals surface area contributed by atoms with Gasteiger partial charge in [-0.25, -0.2) is 0 Å². The van der Waals surface area contributed by atoms with Crippen LogP contribution in [0.15, 0.2) is 48.5 Å². The Morgan fingerprint density at radius 3 is 2.65 bits per heavy atom. The highest BCUT2D eigenvalue weighted by Gasteiger charge is 2.05. The Labute approximate surface area is 141 Å². The summed E-state index contributed by atoms with van der Waals surface area (Å²) in [6, 6.07) is 14.6. The highest BCUT2D eigenvalue weighted by Crippen LogP contribution is 2.19. The van der Waals surface area contributed by atoms with E-state index in [1.807, 2.05) is 31.2 Å². The Kier molecular flexibility index (Phi) is 6.29. The van der Waals surface area contributed by atoms with Crippen molar-refractivity contribution in [2.45, 2.75) is 26.4 Å². The molecule has 1 atom stereocenters. The lowest BCUT2D eigenvalue weighted by Crippen LogP contribution is -2.21. The number of anilines is 2. The second kappa shape index (κ2) is 8.44. The summed E-state index contributed by atoms with van der Waals surface area (Å²) in [6.07, 6.45) is 1.11. The van der Waals surface area contributed by atoms with E-state index in [4.69, 9.17) is 16.3 Å². The molecule has 0 aliphatic carbocycles. The number of hydrogen-bond donors (Lipinski definition) is 2. The van der Waals surface area contributed by atoms with Crippen LogP contribution in [-0.2, 0) is 4.79 Å². The lowest BCUT2D eigenvalue weighted by atomic mass is 10.2. The van der Waals surface area contributed by atoms with E-state index in [1.165, 1.54) is 0 Å². The largest absolute Gasteiger partial charge is 0.491 e. The maximum absolute atomic E-state index is 12.0. The molecule has 2 N–H and O–H groups in total. The molecule has 0 heterocycles. The minimum Gasteiger partial charge on any atom is -0.491 e. The average Bonchev–Trinajstić information content (AvgIpc) is 2.53. The second-order valence-corrected chi connectivity index (χ2v) is 5.71. The molecule has 0 spiro atoms. The number of amides is 1. The second-order valence-electron chi connectivity index (χ2n) is 5.28. The Balaban J connectivity index is 1.87. The van der Waals surface area contributed by atoms with E-state index >= 15 is 0 Å². The first-order valence-electron chi connectivity index (χ1n) is 7.63. The van der Waals surface area contributed by atoms with Crippen molar-refractivity contribution < 1.29 is 9.53 Å². The van der Waals surface area contributed by atoms with E-state index in [1.54, 1.807) is 24.3 Å². The molecule has 23 heavy (non-hydrogen) atoms. The molecule has 0 aromatic heterocycles. The lowest BCUT2D eigenvalue weighted by Gasteiger charge is -2.14. The highest BCUT2D eigenvalue weighted by atomic mass is 35.5. The van der Waals surface area contributed by atoms with Crippen LogP contribution < -0.4 is 15.4 Å². The summed E-state index contributed by atoms with van der Waals surface area (Å²) in [5.74, 6) is 0.653. The zero-order valence-corrected chi connectivity index (χ0v) is 14.1. The molecule has 0 saturated carbocycles. The van der Waals surface area contributed by atoms with Crippen molar-refractivity contribution in [3.8, 4) is 5.75 Å². The SMILES string of the molecule is CCC(C)Oc1cccc(NCC(=O)Nc2cccc(Cl)c2)c1. The van der Waals surface area contributed by atoms with Crippen LogP contribution in [0.1, 0.15) is 20.3 Å². The summed E-state index contributed by atoms with van der Waals surface area (Å²) in [7, 11) is 0. The molecule has 1 amide bonds. The van der Waals surface area contributed by atoms with E-state index in [0.717, 1.165) is 17.9 Å². The van der Waals surface area contributed by atoms with Crippen molar-refractivity contribution in [2.24, 2.45) is 0 Å². The van der Waals surface area contributed by atoms with Gasteiger partial charge in [0, 0.05) is 22.5 Å². The molecule has 1 unspecified atom stereocenters. The number of halogens is 1. The van der Waals surface area contributed by atoms with Crippen molar-refractivity contribution in [2.75, 3.05) is 17.2 Å². The molecule has 0 bridgehead atoms. The topological polar surface area (TPSA) is 50.4 Å². The van der Waals surface area contributed by atoms with E-state index < -0.39 is 0 Å². The van der Waals surface area contributed by atoms with Crippen molar-refractivity contribution in [3.63, 3.8) is 0 Å². The molecule has 0 saturated heterocycles. The van der Waals surface area contributed by atoms with E-state index in [9.17, 15) is 4.79 Å². The standard InChI is InChI=1S/C18H21ClN2O2/c1-3-13(2)23-17-9-5-7-15(11-17)20-12-18(22)21-16-8-4-6-14(19)10-16/h4-11,13,20H,3,12H2,1-2H3,(H,21,22). The van der Waals surface area contributed by atoms with Gasteiger partial charge in [0.05, 0.1) is 12.6 Å². The first kappa shape index (κ1) is 17.2. The van der Waals surface area contributed by atoms with E-state index in [2.05, 4.69) is 17.6 Å². The predicted octanol–water partition coefficient (Wildman–Crippen LogP) is 4.57. The first-order chi connectivity index (χ1) is 11.1. The fraction of sp³-hybridized carbons (Fsp3) is 0.278. The summed E-state index contributed by atoms with van der Waals surface area (Å²) in [4.78, 5) is 12.0. The molecule has 2 aromatic rings. The number of ether oxygens (including phenoxy) is 1. The molecule has 0 fully saturated rings. The predicted molar refractivity (Wildman–Crippen MR) is 95.4 cm³/mol. The molecule has 4 nitrogen and oxygen atoms in total. The molecule has 2 rings (SSSR count). The van der Waals surface area contributed by atoms with Gasteiger partial charge in [0.25, 0.3) is 0 Å². The molecule has 0 aliphatic heterocycles. The summed E-state index contributed by atoms with van der Waals surface area (Å²) >= 11 is 5.89. The Bertz CT molecular complexity index is 661. The molecule has 2 aromatic carbocycles. The minimum absolute atomic E-state index is 0.138. The number of carbonyl (C=O) groups is 1.